The van der Waals surface area contributed by atoms with E-state index in [1.54, 1.807) is 10.7 Å². The van der Waals surface area contributed by atoms with Gasteiger partial charge >= 0.3 is 12.2 Å². The maximum Gasteiger partial charge on any atom is 0.416 e. The summed E-state index contributed by atoms with van der Waals surface area (Å²) in [5.74, 6) is 0.339. The standard InChI is InChI=1S/C24H32ClN5O4S/c1-15(26-21(31)33-23(2,3)4)11-16-12-18-19(27-20(25)28-30(18)13-16)29(14-17-9-8-10-35-17)22(32)34-24(5,6)7/h8-10,12-13,15H,11,14H2,1-7H3,(H,26,31)/t15-/m0/s1. The molecule has 0 aliphatic rings. The number of rotatable bonds is 6. The number of nitrogens with one attached hydrogen (secondary N) is 1. The minimum Gasteiger partial charge on any atom is -0.444 e. The SMILES string of the molecule is C[C@@H](Cc1cc2c(N(Cc3cccs3)C(=O)OC(C)(C)C)nc(Cl)nn2c1)NC(=O)OC(C)(C)C. The lowest BCUT2D eigenvalue weighted by atomic mass is 10.1. The number of amides is 2. The molecule has 3 heterocycles. The third-order valence-electron chi connectivity index (χ3n) is 4.54. The molecular weight excluding hydrogens is 490 g/mol. The molecule has 1 atom stereocenters. The second-order valence-corrected chi connectivity index (χ2v) is 11.7. The van der Waals surface area contributed by atoms with E-state index in [9.17, 15) is 9.59 Å². The van der Waals surface area contributed by atoms with Crippen LogP contribution in [0.5, 0.6) is 0 Å². The first-order valence-electron chi connectivity index (χ1n) is 11.3. The summed E-state index contributed by atoms with van der Waals surface area (Å²) >= 11 is 7.77. The van der Waals surface area contributed by atoms with Crippen LogP contribution in [0.15, 0.2) is 29.8 Å². The molecule has 0 aliphatic carbocycles. The minimum absolute atomic E-state index is 0.00526. The zero-order chi connectivity index (χ0) is 26.0. The lowest BCUT2D eigenvalue weighted by Gasteiger charge is -2.26. The van der Waals surface area contributed by atoms with Gasteiger partial charge in [-0.3, -0.25) is 4.90 Å². The predicted molar refractivity (Wildman–Crippen MR) is 137 cm³/mol. The average molecular weight is 522 g/mol. The van der Waals surface area contributed by atoms with Gasteiger partial charge < -0.3 is 14.8 Å². The van der Waals surface area contributed by atoms with Crippen LogP contribution >= 0.6 is 22.9 Å². The Balaban J connectivity index is 1.91. The van der Waals surface area contributed by atoms with Crippen molar-refractivity contribution in [1.29, 1.82) is 0 Å². The van der Waals surface area contributed by atoms with E-state index < -0.39 is 23.4 Å². The number of anilines is 1. The molecule has 0 saturated heterocycles. The van der Waals surface area contributed by atoms with Crippen LogP contribution in [0, 0.1) is 0 Å². The first-order chi connectivity index (χ1) is 16.2. The van der Waals surface area contributed by atoms with Crippen molar-refractivity contribution in [1.82, 2.24) is 19.9 Å². The quantitative estimate of drug-likeness (QED) is 0.437. The van der Waals surface area contributed by atoms with Gasteiger partial charge in [0.15, 0.2) is 5.82 Å². The van der Waals surface area contributed by atoms with Crippen LogP contribution in [-0.4, -0.2) is 44.0 Å². The van der Waals surface area contributed by atoms with Crippen LogP contribution in [0.4, 0.5) is 15.4 Å². The Labute approximate surface area is 214 Å². The molecule has 3 rings (SSSR count). The van der Waals surface area contributed by atoms with Crippen molar-refractivity contribution in [3.8, 4) is 0 Å². The molecular formula is C24H32ClN5O4S. The number of alkyl carbamates (subject to hydrolysis) is 1. The monoisotopic (exact) mass is 521 g/mol. The smallest absolute Gasteiger partial charge is 0.416 e. The molecule has 11 heteroatoms. The number of carbonyl (C=O) groups is 2. The fourth-order valence-electron chi connectivity index (χ4n) is 3.34. The fraction of sp³-hybridized carbons (Fsp3) is 0.500. The van der Waals surface area contributed by atoms with E-state index in [0.717, 1.165) is 10.4 Å². The topological polar surface area (TPSA) is 98.1 Å². The summed E-state index contributed by atoms with van der Waals surface area (Å²) in [6, 6.07) is 5.53. The minimum atomic E-state index is -0.687. The Hall–Kier alpha value is -2.85. The molecule has 0 fully saturated rings. The molecule has 0 aromatic carbocycles. The number of nitrogens with zero attached hydrogens (tertiary/aromatic N) is 4. The Kier molecular flexibility index (Phi) is 7.96. The van der Waals surface area contributed by atoms with Gasteiger partial charge in [-0.05, 0) is 89.6 Å². The Morgan fingerprint density at radius 3 is 2.49 bits per heavy atom. The molecule has 0 aliphatic heterocycles. The zero-order valence-electron chi connectivity index (χ0n) is 21.1. The molecule has 3 aromatic rings. The van der Waals surface area contributed by atoms with Crippen LogP contribution < -0.4 is 10.2 Å². The second-order valence-electron chi connectivity index (χ2n) is 10.3. The van der Waals surface area contributed by atoms with Crippen molar-refractivity contribution in [3.63, 3.8) is 0 Å². The highest BCUT2D eigenvalue weighted by atomic mass is 35.5. The van der Waals surface area contributed by atoms with E-state index in [4.69, 9.17) is 21.1 Å². The number of thiophene rings is 1. The average Bonchev–Trinajstić information content (AvgIpc) is 3.31. The number of hydrogen-bond donors (Lipinski definition) is 1. The van der Waals surface area contributed by atoms with E-state index in [2.05, 4.69) is 15.4 Å². The molecule has 190 valence electrons. The largest absolute Gasteiger partial charge is 0.444 e. The molecule has 0 spiro atoms. The summed E-state index contributed by atoms with van der Waals surface area (Å²) in [6.07, 6.45) is 1.30. The molecule has 1 N–H and O–H groups in total. The number of aromatic nitrogens is 3. The third-order valence-corrected chi connectivity index (χ3v) is 5.56. The van der Waals surface area contributed by atoms with Crippen molar-refractivity contribution in [3.05, 3.63) is 45.5 Å². The molecule has 0 saturated carbocycles. The maximum absolute atomic E-state index is 13.2. The Bertz CT molecular complexity index is 1180. The first-order valence-corrected chi connectivity index (χ1v) is 12.5. The highest BCUT2D eigenvalue weighted by molar-refractivity contribution is 7.09. The third kappa shape index (κ3) is 7.83. The van der Waals surface area contributed by atoms with Crippen LogP contribution in [0.1, 0.15) is 58.9 Å². The van der Waals surface area contributed by atoms with E-state index in [-0.39, 0.29) is 17.9 Å². The van der Waals surface area contributed by atoms with Crippen molar-refractivity contribution in [2.45, 2.75) is 78.7 Å². The van der Waals surface area contributed by atoms with Crippen LogP contribution in [0.2, 0.25) is 5.28 Å². The van der Waals surface area contributed by atoms with E-state index in [1.165, 1.54) is 16.2 Å². The van der Waals surface area contributed by atoms with Crippen molar-refractivity contribution in [2.75, 3.05) is 4.90 Å². The van der Waals surface area contributed by atoms with E-state index >= 15 is 0 Å². The van der Waals surface area contributed by atoms with Gasteiger partial charge in [-0.1, -0.05) is 6.07 Å². The molecule has 2 amide bonds. The predicted octanol–water partition coefficient (Wildman–Crippen LogP) is 5.84. The van der Waals surface area contributed by atoms with Crippen molar-refractivity contribution < 1.29 is 19.1 Å². The fourth-order valence-corrected chi connectivity index (χ4v) is 4.19. The van der Waals surface area contributed by atoms with Crippen LogP contribution in [-0.2, 0) is 22.4 Å². The highest BCUT2D eigenvalue weighted by Gasteiger charge is 2.28. The van der Waals surface area contributed by atoms with Gasteiger partial charge in [0.1, 0.15) is 16.7 Å². The molecule has 0 bridgehead atoms. The summed E-state index contributed by atoms with van der Waals surface area (Å²) in [7, 11) is 0. The number of carbonyl (C=O) groups excluding carboxylic acids is 2. The normalized spacial score (nSPS) is 12.9. The number of halogens is 1. The van der Waals surface area contributed by atoms with Crippen molar-refractivity contribution >= 4 is 46.5 Å². The maximum atomic E-state index is 13.2. The number of hydrogen-bond acceptors (Lipinski definition) is 7. The summed E-state index contributed by atoms with van der Waals surface area (Å²) in [6.45, 7) is 13.0. The Morgan fingerprint density at radius 2 is 1.89 bits per heavy atom. The van der Waals surface area contributed by atoms with E-state index in [0.29, 0.717) is 17.8 Å². The first kappa shape index (κ1) is 26.7. The molecule has 35 heavy (non-hydrogen) atoms. The van der Waals surface area contributed by atoms with Gasteiger partial charge in [-0.25, -0.2) is 14.1 Å². The number of ether oxygens (including phenoxy) is 2. The van der Waals surface area contributed by atoms with E-state index in [1.807, 2.05) is 72.0 Å². The van der Waals surface area contributed by atoms with Gasteiger partial charge in [0.05, 0.1) is 6.54 Å². The molecule has 0 radical (unpaired) electrons. The summed E-state index contributed by atoms with van der Waals surface area (Å²) in [5.41, 5.74) is 0.208. The van der Waals surface area contributed by atoms with Crippen molar-refractivity contribution in [2.24, 2.45) is 0 Å². The highest BCUT2D eigenvalue weighted by Crippen LogP contribution is 2.27. The van der Waals surface area contributed by atoms with Gasteiger partial charge in [-0.2, -0.15) is 4.98 Å². The summed E-state index contributed by atoms with van der Waals surface area (Å²) in [5, 5.41) is 9.04. The zero-order valence-corrected chi connectivity index (χ0v) is 22.7. The number of fused-ring (bicyclic) bond motifs is 1. The molecule has 9 nitrogen and oxygen atoms in total. The Morgan fingerprint density at radius 1 is 1.20 bits per heavy atom. The van der Waals surface area contributed by atoms with Gasteiger partial charge in [-0.15, -0.1) is 16.4 Å². The summed E-state index contributed by atoms with van der Waals surface area (Å²) in [4.78, 5) is 32.1. The summed E-state index contributed by atoms with van der Waals surface area (Å²) < 4.78 is 12.6. The molecule has 0 unspecified atom stereocenters. The lowest BCUT2D eigenvalue weighted by molar-refractivity contribution is 0.0506. The van der Waals surface area contributed by atoms with Crippen LogP contribution in [0.3, 0.4) is 0 Å². The van der Waals surface area contributed by atoms with Gasteiger partial charge in [0.25, 0.3) is 0 Å². The lowest BCUT2D eigenvalue weighted by Crippen LogP contribution is -2.38. The van der Waals surface area contributed by atoms with Gasteiger partial charge in [0.2, 0.25) is 5.28 Å². The second kappa shape index (κ2) is 10.4. The van der Waals surface area contributed by atoms with Crippen LogP contribution in [0.25, 0.3) is 5.52 Å². The van der Waals surface area contributed by atoms with Gasteiger partial charge in [0, 0.05) is 17.1 Å². The molecule has 3 aromatic heterocycles.